The highest BCUT2D eigenvalue weighted by Crippen LogP contribution is 2.75. The zero-order valence-electron chi connectivity index (χ0n) is 27.6. The van der Waals surface area contributed by atoms with E-state index >= 15 is 0 Å². The molecular weight excluding hydrogens is 536 g/mol. The Bertz CT molecular complexity index is 1370. The summed E-state index contributed by atoms with van der Waals surface area (Å²) in [5.74, 6) is 1.15. The molecule has 0 aliphatic heterocycles. The van der Waals surface area contributed by atoms with Crippen molar-refractivity contribution >= 4 is 23.5 Å². The van der Waals surface area contributed by atoms with Crippen molar-refractivity contribution in [2.24, 2.45) is 50.2 Å². The van der Waals surface area contributed by atoms with Gasteiger partial charge in [-0.25, -0.2) is 4.98 Å². The molecule has 0 bridgehead atoms. The minimum absolute atomic E-state index is 0.0344. The summed E-state index contributed by atoms with van der Waals surface area (Å²) in [5, 5.41) is 3.09. The second-order valence-electron chi connectivity index (χ2n) is 16.9. The molecule has 1 heterocycles. The standard InChI is InChI=1S/C37H52N2O4/c1-23(40)43-28-13-14-35(6)27(32(28,2)3)12-15-37(8)30(35)26(41)21-24-25-22-34(5,31(42)39-29-11-9-10-20-38-29)17-16-33(25,4)18-19-36(24,37)7/h9-11,20-21,25,27-28,30H,12-19,22H2,1-8H3,(H,38,39,42)/t25-,27-,28+,30-,33-,34+,35+,36+,37-/m1/s1. The lowest BCUT2D eigenvalue weighted by Gasteiger charge is -2.70. The number of carbonyl (C=O) groups is 3. The van der Waals surface area contributed by atoms with E-state index in [0.717, 1.165) is 57.8 Å². The van der Waals surface area contributed by atoms with E-state index in [4.69, 9.17) is 4.74 Å². The number of ketones is 1. The number of anilines is 1. The molecule has 1 aromatic heterocycles. The number of amides is 1. The lowest BCUT2D eigenvalue weighted by Crippen LogP contribution is -2.66. The Morgan fingerprint density at radius 1 is 0.930 bits per heavy atom. The zero-order chi connectivity index (χ0) is 31.2. The van der Waals surface area contributed by atoms with E-state index in [-0.39, 0.29) is 56.9 Å². The van der Waals surface area contributed by atoms with Crippen LogP contribution >= 0.6 is 0 Å². The molecule has 5 aliphatic carbocycles. The van der Waals surface area contributed by atoms with Gasteiger partial charge in [-0.2, -0.15) is 0 Å². The van der Waals surface area contributed by atoms with Crippen LogP contribution in [0.5, 0.6) is 0 Å². The van der Waals surface area contributed by atoms with Gasteiger partial charge < -0.3 is 10.1 Å². The number of ether oxygens (including phenoxy) is 1. The van der Waals surface area contributed by atoms with Crippen molar-refractivity contribution in [1.29, 1.82) is 0 Å². The Morgan fingerprint density at radius 2 is 1.65 bits per heavy atom. The highest BCUT2D eigenvalue weighted by molar-refractivity contribution is 5.96. The van der Waals surface area contributed by atoms with Crippen LogP contribution in [-0.4, -0.2) is 28.7 Å². The fourth-order valence-electron chi connectivity index (χ4n) is 11.5. The molecule has 0 aromatic carbocycles. The van der Waals surface area contributed by atoms with Gasteiger partial charge in [0.05, 0.1) is 0 Å². The smallest absolute Gasteiger partial charge is 0.302 e. The van der Waals surface area contributed by atoms with Gasteiger partial charge in [0.2, 0.25) is 5.91 Å². The number of rotatable bonds is 3. The number of hydrogen-bond acceptors (Lipinski definition) is 5. The van der Waals surface area contributed by atoms with E-state index in [1.807, 2.05) is 18.2 Å². The fourth-order valence-corrected chi connectivity index (χ4v) is 11.5. The summed E-state index contributed by atoms with van der Waals surface area (Å²) >= 11 is 0. The van der Waals surface area contributed by atoms with Gasteiger partial charge >= 0.3 is 5.97 Å². The number of hydrogen-bond donors (Lipinski definition) is 1. The van der Waals surface area contributed by atoms with Crippen LogP contribution in [0.4, 0.5) is 5.82 Å². The first-order valence-corrected chi connectivity index (χ1v) is 16.7. The number of carbonyl (C=O) groups excluding carboxylic acids is 3. The maximum atomic E-state index is 14.6. The van der Waals surface area contributed by atoms with Crippen LogP contribution in [0.1, 0.15) is 113 Å². The van der Waals surface area contributed by atoms with Crippen LogP contribution in [0.2, 0.25) is 0 Å². The molecule has 4 fully saturated rings. The SMILES string of the molecule is CC(=O)O[C@H]1CC[C@@]2(C)[C@H](CC[C@]3(C)[C@@H]2C(=O)C=C2[C@H]4C[C@@](C)(C(=O)Nc5ccccn5)CC[C@]4(C)CC[C@@]23C)C1(C)C. The maximum absolute atomic E-state index is 14.6. The monoisotopic (exact) mass is 588 g/mol. The molecule has 4 saturated carbocycles. The number of aromatic nitrogens is 1. The molecule has 6 nitrogen and oxygen atoms in total. The molecule has 9 atom stereocenters. The van der Waals surface area contributed by atoms with Gasteiger partial charge in [-0.05, 0) is 109 Å². The summed E-state index contributed by atoms with van der Waals surface area (Å²) in [6.07, 6.45) is 12.2. The first-order chi connectivity index (χ1) is 20.0. The Morgan fingerprint density at radius 3 is 2.33 bits per heavy atom. The van der Waals surface area contributed by atoms with Crippen molar-refractivity contribution in [3.05, 3.63) is 36.0 Å². The molecule has 1 N–H and O–H groups in total. The first kappa shape index (κ1) is 30.5. The lowest BCUT2D eigenvalue weighted by atomic mass is 9.33. The maximum Gasteiger partial charge on any atom is 0.302 e. The average Bonchev–Trinajstić information content (AvgIpc) is 2.93. The second kappa shape index (κ2) is 9.75. The summed E-state index contributed by atoms with van der Waals surface area (Å²) < 4.78 is 5.87. The van der Waals surface area contributed by atoms with Gasteiger partial charge in [-0.15, -0.1) is 0 Å². The predicted octanol–water partition coefficient (Wildman–Crippen LogP) is 7.93. The topological polar surface area (TPSA) is 85.4 Å². The molecule has 5 aliphatic rings. The third kappa shape index (κ3) is 4.31. The third-order valence-corrected chi connectivity index (χ3v) is 14.3. The van der Waals surface area contributed by atoms with Crippen molar-refractivity contribution in [2.45, 2.75) is 119 Å². The van der Waals surface area contributed by atoms with Gasteiger partial charge in [0.1, 0.15) is 11.9 Å². The van der Waals surface area contributed by atoms with Crippen molar-refractivity contribution in [2.75, 3.05) is 5.32 Å². The molecule has 0 radical (unpaired) electrons. The van der Waals surface area contributed by atoms with E-state index < -0.39 is 5.41 Å². The Hall–Kier alpha value is -2.50. The van der Waals surface area contributed by atoms with Gasteiger partial charge in [-0.3, -0.25) is 14.4 Å². The summed E-state index contributed by atoms with van der Waals surface area (Å²) in [7, 11) is 0. The van der Waals surface area contributed by atoms with E-state index in [1.54, 1.807) is 6.20 Å². The van der Waals surface area contributed by atoms with Crippen LogP contribution in [-0.2, 0) is 19.1 Å². The van der Waals surface area contributed by atoms with Crippen molar-refractivity contribution in [1.82, 2.24) is 4.98 Å². The second-order valence-corrected chi connectivity index (χ2v) is 16.9. The average molecular weight is 589 g/mol. The minimum atomic E-state index is -0.523. The molecule has 0 spiro atoms. The Balaban J connectivity index is 1.36. The number of nitrogens with one attached hydrogen (secondary N) is 1. The number of pyridine rings is 1. The van der Waals surface area contributed by atoms with Crippen LogP contribution in [0.15, 0.2) is 36.0 Å². The molecule has 234 valence electrons. The molecule has 6 heteroatoms. The minimum Gasteiger partial charge on any atom is -0.462 e. The molecule has 43 heavy (non-hydrogen) atoms. The summed E-state index contributed by atoms with van der Waals surface area (Å²) in [6.45, 7) is 17.8. The highest BCUT2D eigenvalue weighted by atomic mass is 16.5. The molecular formula is C37H52N2O4. The zero-order valence-corrected chi connectivity index (χ0v) is 27.6. The van der Waals surface area contributed by atoms with Gasteiger partial charge in [0, 0.05) is 29.9 Å². The van der Waals surface area contributed by atoms with Crippen molar-refractivity contribution in [3.8, 4) is 0 Å². The number of fused-ring (bicyclic) bond motifs is 7. The largest absolute Gasteiger partial charge is 0.462 e. The van der Waals surface area contributed by atoms with Crippen molar-refractivity contribution < 1.29 is 19.1 Å². The normalized spacial score (nSPS) is 44.9. The van der Waals surface area contributed by atoms with E-state index in [1.165, 1.54) is 12.5 Å². The molecule has 0 unspecified atom stereocenters. The summed E-state index contributed by atoms with van der Waals surface area (Å²) in [4.78, 5) is 44.7. The number of nitrogens with zero attached hydrogens (tertiary/aromatic N) is 1. The van der Waals surface area contributed by atoms with Crippen molar-refractivity contribution in [3.63, 3.8) is 0 Å². The summed E-state index contributed by atoms with van der Waals surface area (Å²) in [5.41, 5.74) is 0.277. The fraction of sp³-hybridized carbons (Fsp3) is 0.730. The quantitative estimate of drug-likeness (QED) is 0.363. The number of allylic oxidation sites excluding steroid dienone is 2. The Labute approximate surface area is 258 Å². The van der Waals surface area contributed by atoms with Crippen LogP contribution in [0.3, 0.4) is 0 Å². The van der Waals surface area contributed by atoms with E-state index in [0.29, 0.717) is 17.5 Å². The number of esters is 1. The molecule has 0 saturated heterocycles. The van der Waals surface area contributed by atoms with Gasteiger partial charge in [-0.1, -0.05) is 60.1 Å². The van der Waals surface area contributed by atoms with Crippen LogP contribution in [0.25, 0.3) is 0 Å². The van der Waals surface area contributed by atoms with Crippen LogP contribution < -0.4 is 5.32 Å². The molecule has 1 aromatic rings. The van der Waals surface area contributed by atoms with Gasteiger partial charge in [0.15, 0.2) is 5.78 Å². The molecule has 6 rings (SSSR count). The highest BCUT2D eigenvalue weighted by Gasteiger charge is 2.70. The molecule has 1 amide bonds. The predicted molar refractivity (Wildman–Crippen MR) is 168 cm³/mol. The summed E-state index contributed by atoms with van der Waals surface area (Å²) in [6, 6.07) is 5.59. The Kier molecular flexibility index (Phi) is 6.92. The third-order valence-electron chi connectivity index (χ3n) is 14.3. The van der Waals surface area contributed by atoms with E-state index in [9.17, 15) is 14.4 Å². The van der Waals surface area contributed by atoms with E-state index in [2.05, 4.69) is 64.8 Å². The van der Waals surface area contributed by atoms with Gasteiger partial charge in [0.25, 0.3) is 0 Å². The van der Waals surface area contributed by atoms with Crippen LogP contribution in [0, 0.1) is 50.2 Å². The first-order valence-electron chi connectivity index (χ1n) is 16.7. The lowest BCUT2D eigenvalue weighted by molar-refractivity contribution is -0.210.